The van der Waals surface area contributed by atoms with Gasteiger partial charge in [0.05, 0.1) is 12.2 Å². The van der Waals surface area contributed by atoms with Gasteiger partial charge < -0.3 is 9.64 Å². The Bertz CT molecular complexity index is 327. The number of anilines is 1. The minimum absolute atomic E-state index is 0.267. The molecule has 0 radical (unpaired) electrons. The second kappa shape index (κ2) is 3.14. The Morgan fingerprint density at radius 3 is 3.08 bits per heavy atom. The van der Waals surface area contributed by atoms with Gasteiger partial charge in [0.25, 0.3) is 0 Å². The number of hydrogen-bond donors (Lipinski definition) is 1. The van der Waals surface area contributed by atoms with Gasteiger partial charge in [-0.15, -0.1) is 12.6 Å². The number of rotatable bonds is 0. The van der Waals surface area contributed by atoms with Crippen molar-refractivity contribution >= 4 is 18.3 Å². The van der Waals surface area contributed by atoms with Gasteiger partial charge in [0.1, 0.15) is 11.9 Å². The lowest BCUT2D eigenvalue weighted by Crippen LogP contribution is -2.35. The third kappa shape index (κ3) is 1.61. The largest absolute Gasteiger partial charge is 0.487 e. The van der Waals surface area contributed by atoms with E-state index < -0.39 is 0 Å². The van der Waals surface area contributed by atoms with Gasteiger partial charge in [-0.05, 0) is 25.1 Å². The van der Waals surface area contributed by atoms with Crippen LogP contribution in [0.1, 0.15) is 6.92 Å². The van der Waals surface area contributed by atoms with Crippen LogP contribution in [-0.2, 0) is 0 Å². The molecule has 2 rings (SSSR count). The molecule has 1 aromatic carbocycles. The van der Waals surface area contributed by atoms with E-state index in [-0.39, 0.29) is 6.10 Å². The van der Waals surface area contributed by atoms with Gasteiger partial charge >= 0.3 is 0 Å². The molecule has 0 spiro atoms. The highest BCUT2D eigenvalue weighted by molar-refractivity contribution is 7.80. The first-order valence-electron chi connectivity index (χ1n) is 4.37. The van der Waals surface area contributed by atoms with Crippen LogP contribution in [0.15, 0.2) is 23.1 Å². The van der Waals surface area contributed by atoms with E-state index in [0.29, 0.717) is 0 Å². The first kappa shape index (κ1) is 8.75. The van der Waals surface area contributed by atoms with Crippen LogP contribution < -0.4 is 9.64 Å². The van der Waals surface area contributed by atoms with Crippen LogP contribution in [0.2, 0.25) is 0 Å². The molecule has 0 amide bonds. The summed E-state index contributed by atoms with van der Waals surface area (Å²) in [6.45, 7) is 3.01. The molecule has 1 atom stereocenters. The van der Waals surface area contributed by atoms with E-state index in [4.69, 9.17) is 4.74 Å². The molecule has 1 unspecified atom stereocenters. The van der Waals surface area contributed by atoms with E-state index in [2.05, 4.69) is 31.5 Å². The predicted octanol–water partition coefficient (Wildman–Crippen LogP) is 2.19. The molecule has 3 heteroatoms. The molecule has 2 nitrogen and oxygen atoms in total. The first-order chi connectivity index (χ1) is 6.16. The van der Waals surface area contributed by atoms with Crippen molar-refractivity contribution in [3.8, 4) is 5.75 Å². The second-order valence-corrected chi connectivity index (χ2v) is 3.98. The zero-order chi connectivity index (χ0) is 9.42. The molecule has 1 heterocycles. The summed E-state index contributed by atoms with van der Waals surface area (Å²) >= 11 is 4.30. The van der Waals surface area contributed by atoms with Crippen molar-refractivity contribution in [3.63, 3.8) is 0 Å². The van der Waals surface area contributed by atoms with Crippen molar-refractivity contribution in [2.45, 2.75) is 17.9 Å². The summed E-state index contributed by atoms with van der Waals surface area (Å²) < 4.78 is 5.68. The average molecular weight is 195 g/mol. The highest BCUT2D eigenvalue weighted by Crippen LogP contribution is 2.33. The molecule has 0 fully saturated rings. The molecule has 70 valence electrons. The van der Waals surface area contributed by atoms with Gasteiger partial charge in [-0.1, -0.05) is 0 Å². The predicted molar refractivity (Wildman–Crippen MR) is 57.1 cm³/mol. The fourth-order valence-electron chi connectivity index (χ4n) is 1.64. The van der Waals surface area contributed by atoms with Crippen LogP contribution in [-0.4, -0.2) is 19.7 Å². The van der Waals surface area contributed by atoms with E-state index >= 15 is 0 Å². The maximum Gasteiger partial charge on any atom is 0.143 e. The van der Waals surface area contributed by atoms with Crippen LogP contribution >= 0.6 is 12.6 Å². The van der Waals surface area contributed by atoms with Gasteiger partial charge in [-0.2, -0.15) is 0 Å². The summed E-state index contributed by atoms with van der Waals surface area (Å²) in [5.41, 5.74) is 1.13. The maximum atomic E-state index is 5.68. The van der Waals surface area contributed by atoms with Gasteiger partial charge in [-0.3, -0.25) is 0 Å². The third-order valence-corrected chi connectivity index (χ3v) is 2.49. The molecule has 13 heavy (non-hydrogen) atoms. The summed E-state index contributed by atoms with van der Waals surface area (Å²) in [5.74, 6) is 0.957. The molecule has 1 aliphatic heterocycles. The van der Waals surface area contributed by atoms with Crippen molar-refractivity contribution in [1.82, 2.24) is 0 Å². The minimum atomic E-state index is 0.267. The van der Waals surface area contributed by atoms with E-state index in [1.807, 2.05) is 18.2 Å². The number of likely N-dealkylation sites (N-methyl/N-ethyl adjacent to an activating group) is 1. The smallest absolute Gasteiger partial charge is 0.143 e. The highest BCUT2D eigenvalue weighted by atomic mass is 32.1. The summed E-state index contributed by atoms with van der Waals surface area (Å²) in [6, 6.07) is 5.96. The fourth-order valence-corrected chi connectivity index (χ4v) is 1.84. The minimum Gasteiger partial charge on any atom is -0.487 e. The van der Waals surface area contributed by atoms with Crippen molar-refractivity contribution < 1.29 is 4.74 Å². The van der Waals surface area contributed by atoms with Crippen LogP contribution in [0.4, 0.5) is 5.69 Å². The topological polar surface area (TPSA) is 12.5 Å². The third-order valence-electron chi connectivity index (χ3n) is 2.21. The zero-order valence-electron chi connectivity index (χ0n) is 7.82. The fraction of sp³-hybridized carbons (Fsp3) is 0.400. The molecular weight excluding hydrogens is 182 g/mol. The highest BCUT2D eigenvalue weighted by Gasteiger charge is 2.19. The van der Waals surface area contributed by atoms with Gasteiger partial charge in [0.2, 0.25) is 0 Å². The van der Waals surface area contributed by atoms with Crippen molar-refractivity contribution in [2.75, 3.05) is 18.5 Å². The number of fused-ring (bicyclic) bond motifs is 1. The van der Waals surface area contributed by atoms with Gasteiger partial charge in [0.15, 0.2) is 0 Å². The molecular formula is C10H13NOS. The standard InChI is InChI=1S/C10H13NOS/c1-7-6-11(2)9-5-8(13)3-4-10(9)12-7/h3-5,7,13H,6H2,1-2H3. The molecule has 0 bridgehead atoms. The molecule has 0 saturated heterocycles. The van der Waals surface area contributed by atoms with E-state index in [1.165, 1.54) is 0 Å². The number of nitrogens with zero attached hydrogens (tertiary/aromatic N) is 1. The van der Waals surface area contributed by atoms with Crippen molar-refractivity contribution in [1.29, 1.82) is 0 Å². The van der Waals surface area contributed by atoms with Crippen LogP contribution in [0, 0.1) is 0 Å². The molecule has 0 aliphatic carbocycles. The molecule has 0 aromatic heterocycles. The number of thiol groups is 1. The lowest BCUT2D eigenvalue weighted by Gasteiger charge is -2.32. The average Bonchev–Trinajstić information content (AvgIpc) is 2.06. The zero-order valence-corrected chi connectivity index (χ0v) is 8.71. The molecule has 1 aromatic rings. The Kier molecular flexibility index (Phi) is 2.12. The van der Waals surface area contributed by atoms with Crippen molar-refractivity contribution in [2.24, 2.45) is 0 Å². The lowest BCUT2D eigenvalue weighted by molar-refractivity contribution is 0.215. The lowest BCUT2D eigenvalue weighted by atomic mass is 10.2. The summed E-state index contributed by atoms with van der Waals surface area (Å²) in [4.78, 5) is 3.17. The van der Waals surface area contributed by atoms with Crippen LogP contribution in [0.3, 0.4) is 0 Å². The SMILES string of the molecule is CC1CN(C)c2cc(S)ccc2O1. The van der Waals surface area contributed by atoms with E-state index in [0.717, 1.165) is 22.9 Å². The number of benzene rings is 1. The normalized spacial score (nSPS) is 20.8. The monoisotopic (exact) mass is 195 g/mol. The summed E-state index contributed by atoms with van der Waals surface area (Å²) in [5, 5.41) is 0. The maximum absolute atomic E-state index is 5.68. The summed E-state index contributed by atoms with van der Waals surface area (Å²) in [7, 11) is 2.07. The Balaban J connectivity index is 2.43. The molecule has 0 saturated carbocycles. The van der Waals surface area contributed by atoms with E-state index in [9.17, 15) is 0 Å². The van der Waals surface area contributed by atoms with Crippen molar-refractivity contribution in [3.05, 3.63) is 18.2 Å². The first-order valence-corrected chi connectivity index (χ1v) is 4.82. The Morgan fingerprint density at radius 1 is 1.54 bits per heavy atom. The van der Waals surface area contributed by atoms with E-state index in [1.54, 1.807) is 0 Å². The van der Waals surface area contributed by atoms with Gasteiger partial charge in [0, 0.05) is 11.9 Å². The second-order valence-electron chi connectivity index (χ2n) is 3.46. The summed E-state index contributed by atoms with van der Waals surface area (Å²) in [6.07, 6.45) is 0.267. The van der Waals surface area contributed by atoms with Gasteiger partial charge in [-0.25, -0.2) is 0 Å². The van der Waals surface area contributed by atoms with Crippen LogP contribution in [0.25, 0.3) is 0 Å². The quantitative estimate of drug-likeness (QED) is 0.637. The number of hydrogen-bond acceptors (Lipinski definition) is 3. The van der Waals surface area contributed by atoms with Crippen LogP contribution in [0.5, 0.6) is 5.75 Å². The Hall–Kier alpha value is -0.830. The molecule has 0 N–H and O–H groups in total. The Morgan fingerprint density at radius 2 is 2.31 bits per heavy atom. The number of ether oxygens (including phenoxy) is 1. The Labute approximate surface area is 83.9 Å². The molecule has 1 aliphatic rings.